The Morgan fingerprint density at radius 2 is 1.90 bits per heavy atom. The summed E-state index contributed by atoms with van der Waals surface area (Å²) in [6.07, 6.45) is -0.631. The largest absolute Gasteiger partial charge is 0.386 e. The minimum atomic E-state index is -0.631. The van der Waals surface area contributed by atoms with E-state index in [1.54, 1.807) is 6.07 Å². The Kier molecular flexibility index (Phi) is 14.3. The second-order valence-electron chi connectivity index (χ2n) is 6.30. The minimum absolute atomic E-state index is 0. The normalized spacial score (nSPS) is 12.3. The summed E-state index contributed by atoms with van der Waals surface area (Å²) in [5.41, 5.74) is 2.20. The van der Waals surface area contributed by atoms with E-state index >= 15 is 0 Å². The molecule has 6 nitrogen and oxygen atoms in total. The number of hydrogen-bond donors (Lipinski definition) is 3. The van der Waals surface area contributed by atoms with Gasteiger partial charge in [-0.15, -0.1) is 35.3 Å². The molecule has 0 aliphatic heterocycles. The first kappa shape index (κ1) is 27.1. The molecule has 168 valence electrons. The highest BCUT2D eigenvalue weighted by atomic mass is 127. The molecule has 1 heterocycles. The Hall–Kier alpha value is -0.910. The number of ether oxygens (including phenoxy) is 2. The lowest BCUT2D eigenvalue weighted by molar-refractivity contribution is 0.0453. The lowest BCUT2D eigenvalue weighted by Gasteiger charge is -2.14. The van der Waals surface area contributed by atoms with Crippen molar-refractivity contribution in [3.63, 3.8) is 0 Å². The summed E-state index contributed by atoms with van der Waals surface area (Å²) in [5.74, 6) is 0.660. The fraction of sp³-hybridized carbons (Fsp3) is 0.476. The van der Waals surface area contributed by atoms with Crippen molar-refractivity contribution < 1.29 is 14.6 Å². The van der Waals surface area contributed by atoms with Gasteiger partial charge in [0.2, 0.25) is 0 Å². The molecule has 1 aromatic carbocycles. The first-order chi connectivity index (χ1) is 14.1. The summed E-state index contributed by atoms with van der Waals surface area (Å²) in [6, 6.07) is 11.8. The molecule has 0 spiro atoms. The highest BCUT2D eigenvalue weighted by molar-refractivity contribution is 14.0. The van der Waals surface area contributed by atoms with E-state index in [0.717, 1.165) is 22.5 Å². The van der Waals surface area contributed by atoms with Crippen LogP contribution < -0.4 is 10.6 Å². The van der Waals surface area contributed by atoms with E-state index in [0.29, 0.717) is 49.8 Å². The third-order valence-corrected chi connectivity index (χ3v) is 5.32. The van der Waals surface area contributed by atoms with Crippen LogP contribution in [0.1, 0.15) is 36.0 Å². The summed E-state index contributed by atoms with van der Waals surface area (Å²) in [7, 11) is 0. The minimum Gasteiger partial charge on any atom is -0.386 e. The number of nitrogens with one attached hydrogen (secondary N) is 2. The topological polar surface area (TPSA) is 75.1 Å². The summed E-state index contributed by atoms with van der Waals surface area (Å²) in [5, 5.41) is 16.7. The van der Waals surface area contributed by atoms with Crippen LogP contribution in [0.2, 0.25) is 4.34 Å². The molecular formula is C21H31ClIN3O3S. The fourth-order valence-corrected chi connectivity index (χ4v) is 3.63. The third-order valence-electron chi connectivity index (χ3n) is 3.99. The van der Waals surface area contributed by atoms with Crippen molar-refractivity contribution in [2.75, 3.05) is 32.9 Å². The average molecular weight is 568 g/mol. The summed E-state index contributed by atoms with van der Waals surface area (Å²) in [6.45, 7) is 8.06. The molecule has 2 aromatic rings. The summed E-state index contributed by atoms with van der Waals surface area (Å²) >= 11 is 7.32. The molecule has 0 aliphatic rings. The van der Waals surface area contributed by atoms with E-state index in [-0.39, 0.29) is 24.0 Å². The number of halogens is 2. The Bertz CT molecular complexity index is 761. The second kappa shape index (κ2) is 15.8. The van der Waals surface area contributed by atoms with Gasteiger partial charge < -0.3 is 25.2 Å². The molecule has 0 bridgehead atoms. The molecule has 0 fully saturated rings. The number of hydrogen-bond acceptors (Lipinski definition) is 5. The van der Waals surface area contributed by atoms with Crippen molar-refractivity contribution in [3.8, 4) is 0 Å². The van der Waals surface area contributed by atoms with Crippen LogP contribution >= 0.6 is 46.9 Å². The highest BCUT2D eigenvalue weighted by Crippen LogP contribution is 2.26. The standard InChI is InChI=1S/C21H30ClN3O3S.HI/c1-3-23-21(25-14-18(26)19-8-9-20(22)29-19)24-13-16-6-5-7-17(12-16)15-28-11-10-27-4-2;/h5-9,12,18,26H,3-4,10-11,13-15H2,1-2H3,(H2,23,24,25);1H. The van der Waals surface area contributed by atoms with Crippen molar-refractivity contribution in [3.05, 3.63) is 56.7 Å². The van der Waals surface area contributed by atoms with Gasteiger partial charge in [-0.05, 0) is 37.1 Å². The smallest absolute Gasteiger partial charge is 0.191 e. The molecule has 3 N–H and O–H groups in total. The zero-order valence-corrected chi connectivity index (χ0v) is 21.3. The Balaban J connectivity index is 0.00000450. The van der Waals surface area contributed by atoms with Gasteiger partial charge in [0.1, 0.15) is 6.10 Å². The van der Waals surface area contributed by atoms with Crippen molar-refractivity contribution in [1.29, 1.82) is 0 Å². The van der Waals surface area contributed by atoms with Crippen LogP contribution in [0.4, 0.5) is 0 Å². The van der Waals surface area contributed by atoms with E-state index < -0.39 is 6.10 Å². The summed E-state index contributed by atoms with van der Waals surface area (Å²) in [4.78, 5) is 5.45. The molecule has 30 heavy (non-hydrogen) atoms. The Labute approximate surface area is 205 Å². The average Bonchev–Trinajstić information content (AvgIpc) is 3.16. The molecule has 1 aromatic heterocycles. The van der Waals surface area contributed by atoms with Gasteiger partial charge in [-0.2, -0.15) is 0 Å². The predicted octanol–water partition coefficient (Wildman–Crippen LogP) is 4.36. The maximum Gasteiger partial charge on any atom is 0.191 e. The van der Waals surface area contributed by atoms with Crippen LogP contribution in [0.25, 0.3) is 0 Å². The zero-order chi connectivity index (χ0) is 20.9. The van der Waals surface area contributed by atoms with Gasteiger partial charge in [-0.3, -0.25) is 0 Å². The van der Waals surface area contributed by atoms with Crippen LogP contribution in [-0.2, 0) is 22.6 Å². The molecule has 0 aliphatic carbocycles. The predicted molar refractivity (Wildman–Crippen MR) is 135 cm³/mol. The summed E-state index contributed by atoms with van der Waals surface area (Å²) < 4.78 is 11.6. The molecule has 2 rings (SSSR count). The molecule has 0 amide bonds. The molecule has 0 saturated heterocycles. The number of rotatable bonds is 12. The number of thiophene rings is 1. The number of aliphatic hydroxyl groups is 1. The molecule has 9 heteroatoms. The number of aliphatic imine (C=N–C) groups is 1. The number of guanidine groups is 1. The number of nitrogens with zero attached hydrogens (tertiary/aromatic N) is 1. The van der Waals surface area contributed by atoms with E-state index in [2.05, 4.69) is 21.7 Å². The van der Waals surface area contributed by atoms with Gasteiger partial charge in [0, 0.05) is 24.6 Å². The lowest BCUT2D eigenvalue weighted by atomic mass is 10.1. The second-order valence-corrected chi connectivity index (χ2v) is 8.05. The Morgan fingerprint density at radius 3 is 2.60 bits per heavy atom. The van der Waals surface area contributed by atoms with Crippen molar-refractivity contribution in [2.24, 2.45) is 4.99 Å². The van der Waals surface area contributed by atoms with Gasteiger partial charge in [0.05, 0.1) is 30.7 Å². The SMILES string of the molecule is CCNC(=NCc1cccc(COCCOCC)c1)NCC(O)c1ccc(Cl)s1.I. The van der Waals surface area contributed by atoms with E-state index in [9.17, 15) is 5.11 Å². The molecule has 0 radical (unpaired) electrons. The van der Waals surface area contributed by atoms with E-state index in [4.69, 9.17) is 21.1 Å². The molecule has 1 unspecified atom stereocenters. The lowest BCUT2D eigenvalue weighted by Crippen LogP contribution is -2.39. The van der Waals surface area contributed by atoms with Crippen LogP contribution in [-0.4, -0.2) is 44.0 Å². The monoisotopic (exact) mass is 567 g/mol. The maximum absolute atomic E-state index is 10.3. The number of aliphatic hydroxyl groups excluding tert-OH is 1. The maximum atomic E-state index is 10.3. The van der Waals surface area contributed by atoms with Gasteiger partial charge in [-0.1, -0.05) is 35.9 Å². The van der Waals surface area contributed by atoms with Crippen LogP contribution in [0.15, 0.2) is 41.4 Å². The van der Waals surface area contributed by atoms with Crippen LogP contribution in [0, 0.1) is 0 Å². The van der Waals surface area contributed by atoms with Gasteiger partial charge in [-0.25, -0.2) is 4.99 Å². The van der Waals surface area contributed by atoms with E-state index in [1.807, 2.05) is 38.1 Å². The van der Waals surface area contributed by atoms with E-state index in [1.165, 1.54) is 11.3 Å². The highest BCUT2D eigenvalue weighted by Gasteiger charge is 2.11. The van der Waals surface area contributed by atoms with Crippen LogP contribution in [0.3, 0.4) is 0 Å². The van der Waals surface area contributed by atoms with Crippen molar-refractivity contribution >= 4 is 52.9 Å². The number of benzene rings is 1. The first-order valence-corrected chi connectivity index (χ1v) is 11.0. The van der Waals surface area contributed by atoms with Crippen molar-refractivity contribution in [2.45, 2.75) is 33.1 Å². The van der Waals surface area contributed by atoms with Crippen molar-refractivity contribution in [1.82, 2.24) is 10.6 Å². The fourth-order valence-electron chi connectivity index (χ4n) is 2.58. The third kappa shape index (κ3) is 10.4. The van der Waals surface area contributed by atoms with Crippen LogP contribution in [0.5, 0.6) is 0 Å². The zero-order valence-electron chi connectivity index (χ0n) is 17.4. The van der Waals surface area contributed by atoms with Gasteiger partial charge in [0.25, 0.3) is 0 Å². The molecule has 0 saturated carbocycles. The van der Waals surface area contributed by atoms with Gasteiger partial charge >= 0.3 is 0 Å². The molecule has 1 atom stereocenters. The first-order valence-electron chi connectivity index (χ1n) is 9.81. The van der Waals surface area contributed by atoms with Gasteiger partial charge in [0.15, 0.2) is 5.96 Å². The molecular weight excluding hydrogens is 537 g/mol. The Morgan fingerprint density at radius 1 is 1.13 bits per heavy atom. The quantitative estimate of drug-likeness (QED) is 0.154.